The number of halogens is 2. The van der Waals surface area contributed by atoms with Crippen LogP contribution in [0.1, 0.15) is 12.8 Å². The molecule has 6 heteroatoms. The standard InChI is InChI=1S/C7H9F2N3S/c8-4-1-2-6(5(9)3-4)11-7(13)12-10/h3-4H,1-2,10H2,(H,12,13)/b11-6+. The van der Waals surface area contributed by atoms with Crippen molar-refractivity contribution in [1.82, 2.24) is 5.43 Å². The van der Waals surface area contributed by atoms with Gasteiger partial charge in [0.2, 0.25) is 5.11 Å². The van der Waals surface area contributed by atoms with Gasteiger partial charge in [0.15, 0.2) is 0 Å². The zero-order chi connectivity index (χ0) is 9.84. The van der Waals surface area contributed by atoms with Crippen LogP contribution in [0.3, 0.4) is 0 Å². The van der Waals surface area contributed by atoms with E-state index >= 15 is 0 Å². The summed E-state index contributed by atoms with van der Waals surface area (Å²) in [6, 6.07) is 0. The van der Waals surface area contributed by atoms with Gasteiger partial charge in [0.1, 0.15) is 12.0 Å². The summed E-state index contributed by atoms with van der Waals surface area (Å²) >= 11 is 4.61. The second-order valence-electron chi connectivity index (χ2n) is 2.58. The normalized spacial score (nSPS) is 25.6. The number of rotatable bonds is 0. The predicted octanol–water partition coefficient (Wildman–Crippen LogP) is 1.16. The molecule has 1 unspecified atom stereocenters. The Morgan fingerprint density at radius 3 is 3.00 bits per heavy atom. The van der Waals surface area contributed by atoms with Gasteiger partial charge in [-0.1, -0.05) is 0 Å². The first-order valence-corrected chi connectivity index (χ1v) is 4.14. The Labute approximate surface area is 79.7 Å². The minimum Gasteiger partial charge on any atom is -0.299 e. The summed E-state index contributed by atoms with van der Waals surface area (Å²) in [6.07, 6.45) is 0.144. The van der Waals surface area contributed by atoms with Crippen molar-refractivity contribution in [3.8, 4) is 0 Å². The van der Waals surface area contributed by atoms with Crippen LogP contribution in [-0.2, 0) is 0 Å². The molecule has 0 saturated heterocycles. The van der Waals surface area contributed by atoms with Crippen molar-refractivity contribution in [3.05, 3.63) is 11.9 Å². The maximum Gasteiger partial charge on any atom is 0.207 e. The fourth-order valence-electron chi connectivity index (χ4n) is 0.996. The molecule has 0 radical (unpaired) electrons. The molecule has 0 aromatic carbocycles. The Morgan fingerprint density at radius 2 is 2.46 bits per heavy atom. The molecule has 1 aliphatic carbocycles. The summed E-state index contributed by atoms with van der Waals surface area (Å²) in [4.78, 5) is 3.67. The highest BCUT2D eigenvalue weighted by molar-refractivity contribution is 7.80. The van der Waals surface area contributed by atoms with Crippen molar-refractivity contribution in [2.75, 3.05) is 0 Å². The van der Waals surface area contributed by atoms with Gasteiger partial charge in [-0.05, 0) is 31.1 Å². The molecule has 0 saturated carbocycles. The van der Waals surface area contributed by atoms with Gasteiger partial charge in [-0.3, -0.25) is 5.43 Å². The monoisotopic (exact) mass is 205 g/mol. The van der Waals surface area contributed by atoms with Gasteiger partial charge in [-0.2, -0.15) is 0 Å². The van der Waals surface area contributed by atoms with E-state index in [0.29, 0.717) is 0 Å². The molecule has 0 heterocycles. The van der Waals surface area contributed by atoms with Gasteiger partial charge < -0.3 is 0 Å². The first kappa shape index (κ1) is 10.2. The topological polar surface area (TPSA) is 50.4 Å². The molecule has 1 aliphatic rings. The van der Waals surface area contributed by atoms with Crippen LogP contribution >= 0.6 is 12.2 Å². The van der Waals surface area contributed by atoms with Crippen molar-refractivity contribution in [1.29, 1.82) is 0 Å². The van der Waals surface area contributed by atoms with Gasteiger partial charge >= 0.3 is 0 Å². The first-order chi connectivity index (χ1) is 6.13. The van der Waals surface area contributed by atoms with Crippen molar-refractivity contribution >= 4 is 23.0 Å². The Kier molecular flexibility index (Phi) is 3.44. The quantitative estimate of drug-likeness (QED) is 0.354. The Hall–Kier alpha value is -0.880. The third kappa shape index (κ3) is 2.82. The molecular weight excluding hydrogens is 196 g/mol. The summed E-state index contributed by atoms with van der Waals surface area (Å²) in [6.45, 7) is 0. The highest BCUT2D eigenvalue weighted by atomic mass is 32.1. The molecule has 3 nitrogen and oxygen atoms in total. The van der Waals surface area contributed by atoms with E-state index in [1.807, 2.05) is 0 Å². The number of alkyl halides is 1. The lowest BCUT2D eigenvalue weighted by atomic mass is 10.0. The van der Waals surface area contributed by atoms with Gasteiger partial charge in [-0.25, -0.2) is 19.6 Å². The number of hydrogen-bond acceptors (Lipinski definition) is 2. The molecule has 0 fully saturated rings. The zero-order valence-corrected chi connectivity index (χ0v) is 7.57. The van der Waals surface area contributed by atoms with Gasteiger partial charge in [-0.15, -0.1) is 0 Å². The molecule has 0 spiro atoms. The van der Waals surface area contributed by atoms with Crippen LogP contribution in [0.2, 0.25) is 0 Å². The second kappa shape index (κ2) is 4.38. The number of nitrogens with two attached hydrogens (primary N) is 1. The Morgan fingerprint density at radius 1 is 1.77 bits per heavy atom. The van der Waals surface area contributed by atoms with E-state index in [1.165, 1.54) is 0 Å². The van der Waals surface area contributed by atoms with Crippen molar-refractivity contribution in [2.45, 2.75) is 19.0 Å². The van der Waals surface area contributed by atoms with Gasteiger partial charge in [0, 0.05) is 0 Å². The number of nitrogens with one attached hydrogen (secondary N) is 1. The van der Waals surface area contributed by atoms with E-state index in [-0.39, 0.29) is 23.7 Å². The Balaban J connectivity index is 2.77. The molecule has 13 heavy (non-hydrogen) atoms. The van der Waals surface area contributed by atoms with Crippen LogP contribution in [0.15, 0.2) is 16.9 Å². The van der Waals surface area contributed by atoms with Crippen LogP contribution < -0.4 is 11.3 Å². The van der Waals surface area contributed by atoms with E-state index < -0.39 is 12.0 Å². The summed E-state index contributed by atoms with van der Waals surface area (Å²) in [5, 5.41) is -0.00384. The predicted molar refractivity (Wildman–Crippen MR) is 50.7 cm³/mol. The van der Waals surface area contributed by atoms with E-state index in [0.717, 1.165) is 6.08 Å². The van der Waals surface area contributed by atoms with Crippen LogP contribution in [0, 0.1) is 0 Å². The van der Waals surface area contributed by atoms with E-state index in [2.05, 4.69) is 22.6 Å². The second-order valence-corrected chi connectivity index (χ2v) is 2.96. The van der Waals surface area contributed by atoms with E-state index in [4.69, 9.17) is 5.84 Å². The van der Waals surface area contributed by atoms with Crippen LogP contribution in [-0.4, -0.2) is 17.0 Å². The lowest BCUT2D eigenvalue weighted by molar-refractivity contribution is 0.371. The van der Waals surface area contributed by atoms with Gasteiger partial charge in [0.25, 0.3) is 0 Å². The fraction of sp³-hybridized carbons (Fsp3) is 0.429. The summed E-state index contributed by atoms with van der Waals surface area (Å²) < 4.78 is 25.5. The lowest BCUT2D eigenvalue weighted by Crippen LogP contribution is -2.28. The molecule has 0 aliphatic heterocycles. The van der Waals surface area contributed by atoms with Crippen molar-refractivity contribution < 1.29 is 8.78 Å². The fourth-order valence-corrected chi connectivity index (χ4v) is 1.11. The molecule has 0 amide bonds. The highest BCUT2D eigenvalue weighted by Crippen LogP contribution is 2.19. The number of nitrogens with zero attached hydrogens (tertiary/aromatic N) is 1. The molecule has 3 N–H and O–H groups in total. The van der Waals surface area contributed by atoms with E-state index in [1.54, 1.807) is 0 Å². The molecule has 1 rings (SSSR count). The summed E-state index contributed by atoms with van der Waals surface area (Å²) in [7, 11) is 0. The third-order valence-electron chi connectivity index (χ3n) is 1.62. The molecule has 0 aromatic heterocycles. The summed E-state index contributed by atoms with van der Waals surface area (Å²) in [5.41, 5.74) is 2.25. The minimum atomic E-state index is -1.22. The molecule has 1 atom stereocenters. The maximum atomic E-state index is 13.0. The summed E-state index contributed by atoms with van der Waals surface area (Å²) in [5.74, 6) is 4.29. The number of hydrazine groups is 1. The molecule has 0 aromatic rings. The zero-order valence-electron chi connectivity index (χ0n) is 6.76. The minimum absolute atomic E-state index is 0.00384. The van der Waals surface area contributed by atoms with Crippen molar-refractivity contribution in [3.63, 3.8) is 0 Å². The average Bonchev–Trinajstić information content (AvgIpc) is 2.09. The number of thiocarbonyl (C=S) groups is 1. The molecule has 0 bridgehead atoms. The molecular formula is C7H9F2N3S. The number of aliphatic imine (C=N–C) groups is 1. The van der Waals surface area contributed by atoms with Crippen molar-refractivity contribution in [2.24, 2.45) is 10.8 Å². The third-order valence-corrected chi connectivity index (χ3v) is 1.83. The number of hydrogen-bond donors (Lipinski definition) is 2. The largest absolute Gasteiger partial charge is 0.299 e. The van der Waals surface area contributed by atoms with Crippen LogP contribution in [0.5, 0.6) is 0 Å². The highest BCUT2D eigenvalue weighted by Gasteiger charge is 2.18. The van der Waals surface area contributed by atoms with E-state index in [9.17, 15) is 8.78 Å². The molecule has 72 valence electrons. The lowest BCUT2D eigenvalue weighted by Gasteiger charge is -2.12. The smallest absolute Gasteiger partial charge is 0.207 e. The SMILES string of the molecule is NNC(=S)/N=C1\CCC(F)C=C1F. The van der Waals surface area contributed by atoms with Gasteiger partial charge in [0.05, 0.1) is 5.71 Å². The van der Waals surface area contributed by atoms with Crippen LogP contribution in [0.4, 0.5) is 8.78 Å². The average molecular weight is 205 g/mol. The van der Waals surface area contributed by atoms with Crippen LogP contribution in [0.25, 0.3) is 0 Å². The maximum absolute atomic E-state index is 13.0. The first-order valence-electron chi connectivity index (χ1n) is 3.73. The number of allylic oxidation sites excluding steroid dienone is 2. The Bertz CT molecular complexity index is 275.